The molecule has 4 aromatic rings. The molecule has 4 heteroatoms. The molecule has 0 spiro atoms. The number of piperidine rings is 1. The van der Waals surface area contributed by atoms with Crippen molar-refractivity contribution in [3.05, 3.63) is 126 Å². The van der Waals surface area contributed by atoms with Gasteiger partial charge in [-0.1, -0.05) is 78.9 Å². The Hall–Kier alpha value is -3.81. The van der Waals surface area contributed by atoms with Gasteiger partial charge in [0.1, 0.15) is 17.3 Å². The summed E-state index contributed by atoms with van der Waals surface area (Å²) in [7, 11) is 0. The molecule has 0 aliphatic carbocycles. The van der Waals surface area contributed by atoms with Gasteiger partial charge >= 0.3 is 0 Å². The maximum atomic E-state index is 10.5. The Kier molecular flexibility index (Phi) is 6.55. The molecule has 1 fully saturated rings. The first kappa shape index (κ1) is 23.6. The summed E-state index contributed by atoms with van der Waals surface area (Å²) in [6.07, 6.45) is 5.21. The van der Waals surface area contributed by atoms with E-state index in [-0.39, 0.29) is 6.10 Å². The number of para-hydroxylation sites is 1. The van der Waals surface area contributed by atoms with Crippen LogP contribution in [-0.2, 0) is 12.0 Å². The first-order valence-corrected chi connectivity index (χ1v) is 13.4. The number of hydrogen-bond donors (Lipinski definition) is 0. The van der Waals surface area contributed by atoms with E-state index in [1.807, 2.05) is 36.4 Å². The number of ether oxygens (including phenoxy) is 1. The lowest BCUT2D eigenvalue weighted by Gasteiger charge is -2.37. The smallest absolute Gasteiger partial charge is 0.141 e. The van der Waals surface area contributed by atoms with Gasteiger partial charge in [0, 0.05) is 24.2 Å². The minimum Gasteiger partial charge on any atom is -0.484 e. The minimum atomic E-state index is -0.645. The quantitative estimate of drug-likeness (QED) is 0.308. The zero-order chi connectivity index (χ0) is 25.1. The van der Waals surface area contributed by atoms with Crippen molar-refractivity contribution in [2.45, 2.75) is 37.3 Å². The van der Waals surface area contributed by atoms with Crippen molar-refractivity contribution in [1.29, 1.82) is 5.26 Å². The second-order valence-electron chi connectivity index (χ2n) is 10.4. The molecule has 0 bridgehead atoms. The average Bonchev–Trinajstić information content (AvgIpc) is 3.36. The van der Waals surface area contributed by atoms with Gasteiger partial charge in [0.25, 0.3) is 0 Å². The van der Waals surface area contributed by atoms with Crippen LogP contribution in [0.15, 0.2) is 103 Å². The molecule has 1 saturated heterocycles. The summed E-state index contributed by atoms with van der Waals surface area (Å²) in [5, 5.41) is 10.5. The zero-order valence-corrected chi connectivity index (χ0v) is 21.2. The Bertz CT molecular complexity index is 1320. The molecule has 0 N–H and O–H groups in total. The fourth-order valence-electron chi connectivity index (χ4n) is 6.19. The SMILES string of the molecule is N#CC(CCN1CCC(C2Oc3ccccc3Cn3cccc32)CC1)(c1ccccc1)c1ccccc1. The summed E-state index contributed by atoms with van der Waals surface area (Å²) in [5.74, 6) is 1.49. The first-order valence-electron chi connectivity index (χ1n) is 13.4. The van der Waals surface area contributed by atoms with Gasteiger partial charge in [-0.05, 0) is 61.7 Å². The van der Waals surface area contributed by atoms with Crippen LogP contribution >= 0.6 is 0 Å². The summed E-state index contributed by atoms with van der Waals surface area (Å²) in [6, 6.07) is 36.1. The zero-order valence-electron chi connectivity index (χ0n) is 21.2. The second kappa shape index (κ2) is 10.3. The molecule has 4 nitrogen and oxygen atoms in total. The predicted octanol–water partition coefficient (Wildman–Crippen LogP) is 6.58. The Morgan fingerprint density at radius 3 is 2.14 bits per heavy atom. The van der Waals surface area contributed by atoms with Gasteiger partial charge in [-0.2, -0.15) is 5.26 Å². The van der Waals surface area contributed by atoms with Crippen LogP contribution in [0, 0.1) is 17.2 Å². The van der Waals surface area contributed by atoms with Crippen LogP contribution in [0.5, 0.6) is 5.75 Å². The molecule has 186 valence electrons. The average molecular weight is 488 g/mol. The normalized spacial score (nSPS) is 18.2. The first-order chi connectivity index (χ1) is 18.3. The van der Waals surface area contributed by atoms with Gasteiger partial charge < -0.3 is 14.2 Å². The van der Waals surface area contributed by atoms with Crippen LogP contribution in [0.25, 0.3) is 0 Å². The van der Waals surface area contributed by atoms with Crippen molar-refractivity contribution in [3.63, 3.8) is 0 Å². The fourth-order valence-corrected chi connectivity index (χ4v) is 6.19. The molecular formula is C33H33N3O. The molecule has 37 heavy (non-hydrogen) atoms. The van der Waals surface area contributed by atoms with Crippen molar-refractivity contribution < 1.29 is 4.74 Å². The van der Waals surface area contributed by atoms with Gasteiger partial charge in [0.2, 0.25) is 0 Å². The summed E-state index contributed by atoms with van der Waals surface area (Å²) in [4.78, 5) is 2.54. The van der Waals surface area contributed by atoms with E-state index in [0.29, 0.717) is 5.92 Å². The van der Waals surface area contributed by atoms with E-state index in [1.54, 1.807) is 0 Å². The van der Waals surface area contributed by atoms with Gasteiger partial charge in [-0.25, -0.2) is 0 Å². The molecule has 3 heterocycles. The van der Waals surface area contributed by atoms with Crippen LogP contribution < -0.4 is 4.74 Å². The summed E-state index contributed by atoms with van der Waals surface area (Å²) < 4.78 is 9.03. The van der Waals surface area contributed by atoms with Crippen molar-refractivity contribution in [1.82, 2.24) is 9.47 Å². The molecule has 0 amide bonds. The summed E-state index contributed by atoms with van der Waals surface area (Å²) in [6.45, 7) is 3.81. The van der Waals surface area contributed by atoms with Gasteiger partial charge in [-0.3, -0.25) is 0 Å². The molecule has 0 saturated carbocycles. The van der Waals surface area contributed by atoms with E-state index in [4.69, 9.17) is 4.74 Å². The largest absolute Gasteiger partial charge is 0.484 e. The van der Waals surface area contributed by atoms with E-state index in [2.05, 4.69) is 82.4 Å². The number of aromatic nitrogens is 1. The highest BCUT2D eigenvalue weighted by molar-refractivity contribution is 5.45. The number of nitrogens with zero attached hydrogens (tertiary/aromatic N) is 3. The predicted molar refractivity (Wildman–Crippen MR) is 146 cm³/mol. The minimum absolute atomic E-state index is 0.0765. The van der Waals surface area contributed by atoms with Gasteiger partial charge in [0.15, 0.2) is 0 Å². The molecule has 3 aromatic carbocycles. The third kappa shape index (κ3) is 4.56. The topological polar surface area (TPSA) is 41.2 Å². The van der Waals surface area contributed by atoms with Gasteiger partial charge in [0.05, 0.1) is 18.3 Å². The Labute approximate surface area is 219 Å². The molecule has 6 rings (SSSR count). The molecule has 0 radical (unpaired) electrons. The van der Waals surface area contributed by atoms with Crippen LogP contribution in [-0.4, -0.2) is 29.1 Å². The maximum Gasteiger partial charge on any atom is 0.141 e. The number of fused-ring (bicyclic) bond motifs is 2. The highest BCUT2D eigenvalue weighted by Crippen LogP contribution is 2.40. The number of likely N-dealkylation sites (tertiary alicyclic amines) is 1. The molecule has 1 unspecified atom stereocenters. The van der Waals surface area contributed by atoms with E-state index in [0.717, 1.165) is 62.3 Å². The monoisotopic (exact) mass is 487 g/mol. The highest BCUT2D eigenvalue weighted by atomic mass is 16.5. The number of nitriles is 1. The standard InChI is InChI=1S/C33H33N3O/c34-25-33(28-11-3-1-4-12-28,29-13-5-2-6-14-29)19-23-35-21-17-26(18-22-35)32-30-15-9-20-36(30)24-27-10-7-8-16-31(27)37-32/h1-16,20,26,32H,17-19,21-24H2. The Balaban J connectivity index is 1.17. The Morgan fingerprint density at radius 2 is 1.46 bits per heavy atom. The van der Waals surface area contributed by atoms with Crippen LogP contribution in [0.2, 0.25) is 0 Å². The number of rotatable bonds is 6. The van der Waals surface area contributed by atoms with Crippen molar-refractivity contribution >= 4 is 0 Å². The molecular weight excluding hydrogens is 454 g/mol. The molecule has 2 aliphatic rings. The van der Waals surface area contributed by atoms with Crippen molar-refractivity contribution in [2.24, 2.45) is 5.92 Å². The van der Waals surface area contributed by atoms with E-state index >= 15 is 0 Å². The van der Waals surface area contributed by atoms with Crippen LogP contribution in [0.3, 0.4) is 0 Å². The third-order valence-corrected chi connectivity index (χ3v) is 8.31. The lowest BCUT2D eigenvalue weighted by Crippen LogP contribution is -2.40. The van der Waals surface area contributed by atoms with E-state index < -0.39 is 5.41 Å². The third-order valence-electron chi connectivity index (χ3n) is 8.31. The number of hydrogen-bond acceptors (Lipinski definition) is 3. The van der Waals surface area contributed by atoms with Crippen LogP contribution in [0.4, 0.5) is 0 Å². The van der Waals surface area contributed by atoms with E-state index in [9.17, 15) is 5.26 Å². The van der Waals surface area contributed by atoms with E-state index in [1.165, 1.54) is 11.3 Å². The van der Waals surface area contributed by atoms with Crippen LogP contribution in [0.1, 0.15) is 47.8 Å². The van der Waals surface area contributed by atoms with Crippen molar-refractivity contribution in [2.75, 3.05) is 19.6 Å². The summed E-state index contributed by atoms with van der Waals surface area (Å²) >= 11 is 0. The molecule has 2 aliphatic heterocycles. The highest BCUT2D eigenvalue weighted by Gasteiger charge is 2.37. The summed E-state index contributed by atoms with van der Waals surface area (Å²) in [5.41, 5.74) is 4.03. The Morgan fingerprint density at radius 1 is 0.811 bits per heavy atom. The second-order valence-corrected chi connectivity index (χ2v) is 10.4. The fraction of sp³-hybridized carbons (Fsp3) is 0.303. The number of benzene rings is 3. The maximum absolute atomic E-state index is 10.5. The lowest BCUT2D eigenvalue weighted by molar-refractivity contribution is 0.0726. The lowest BCUT2D eigenvalue weighted by atomic mass is 9.73. The van der Waals surface area contributed by atoms with Gasteiger partial charge in [-0.15, -0.1) is 0 Å². The van der Waals surface area contributed by atoms with Crippen molar-refractivity contribution in [3.8, 4) is 11.8 Å². The molecule has 1 atom stereocenters. The molecule has 1 aromatic heterocycles.